The first kappa shape index (κ1) is 29.2. The number of rotatable bonds is 12. The first-order valence-corrected chi connectivity index (χ1v) is 14.7. The van der Waals surface area contributed by atoms with Crippen molar-refractivity contribution in [1.82, 2.24) is 24.8 Å². The molecule has 3 saturated heterocycles. The van der Waals surface area contributed by atoms with Crippen LogP contribution in [0.5, 0.6) is 0 Å². The number of carbonyl (C=O) groups excluding carboxylic acids is 3. The molecule has 41 heavy (non-hydrogen) atoms. The van der Waals surface area contributed by atoms with Gasteiger partial charge in [0, 0.05) is 6.54 Å². The topological polar surface area (TPSA) is 127 Å². The fourth-order valence-electron chi connectivity index (χ4n) is 7.43. The number of benzene rings is 1. The van der Waals surface area contributed by atoms with E-state index in [4.69, 9.17) is 9.47 Å². The molecule has 0 saturated carbocycles. The number of aromatic nitrogens is 3. The van der Waals surface area contributed by atoms with Crippen LogP contribution in [0.15, 0.2) is 36.9 Å². The van der Waals surface area contributed by atoms with Crippen molar-refractivity contribution in [2.45, 2.75) is 83.3 Å². The Balaban J connectivity index is 1.61. The van der Waals surface area contributed by atoms with E-state index in [1.165, 1.54) is 4.90 Å². The molecule has 1 aromatic carbocycles. The van der Waals surface area contributed by atoms with Crippen molar-refractivity contribution in [2.24, 2.45) is 17.8 Å². The van der Waals surface area contributed by atoms with Gasteiger partial charge in [-0.2, -0.15) is 0 Å². The Labute approximate surface area is 240 Å². The van der Waals surface area contributed by atoms with Gasteiger partial charge >= 0.3 is 5.97 Å². The minimum Gasteiger partial charge on any atom is -0.466 e. The zero-order valence-electron chi connectivity index (χ0n) is 24.4. The lowest BCUT2D eigenvalue weighted by molar-refractivity contribution is -0.164. The van der Waals surface area contributed by atoms with E-state index in [1.807, 2.05) is 45.0 Å². The third kappa shape index (κ3) is 4.35. The molecule has 2 aromatic rings. The lowest BCUT2D eigenvalue weighted by Gasteiger charge is -2.41. The van der Waals surface area contributed by atoms with E-state index < -0.39 is 41.1 Å². The second kappa shape index (κ2) is 11.2. The van der Waals surface area contributed by atoms with Crippen LogP contribution in [0.4, 0.5) is 0 Å². The van der Waals surface area contributed by atoms with Crippen molar-refractivity contribution in [1.29, 1.82) is 0 Å². The molecule has 3 aliphatic heterocycles. The molecule has 1 N–H and O–H groups in total. The Morgan fingerprint density at radius 3 is 2.71 bits per heavy atom. The van der Waals surface area contributed by atoms with Crippen LogP contribution in [0.3, 0.4) is 0 Å². The van der Waals surface area contributed by atoms with Crippen LogP contribution in [0.1, 0.15) is 53.4 Å². The van der Waals surface area contributed by atoms with Crippen molar-refractivity contribution in [3.63, 3.8) is 0 Å². The minimum absolute atomic E-state index is 0.0813. The van der Waals surface area contributed by atoms with Crippen LogP contribution in [0.2, 0.25) is 0 Å². The summed E-state index contributed by atoms with van der Waals surface area (Å²) in [6, 6.07) is 5.83. The summed E-state index contributed by atoms with van der Waals surface area (Å²) in [4.78, 5) is 45.8. The average Bonchev–Trinajstić information content (AvgIpc) is 3.70. The Kier molecular flexibility index (Phi) is 7.95. The molecule has 0 radical (unpaired) electrons. The smallest absolute Gasteiger partial charge is 0.312 e. The Hall–Kier alpha value is -3.31. The summed E-state index contributed by atoms with van der Waals surface area (Å²) in [5.74, 6) is -2.93. The highest BCUT2D eigenvalue weighted by Crippen LogP contribution is 2.65. The molecule has 1 aromatic heterocycles. The molecule has 222 valence electrons. The third-order valence-electron chi connectivity index (χ3n) is 9.62. The second-order valence-corrected chi connectivity index (χ2v) is 11.5. The normalized spacial score (nSPS) is 29.9. The number of aliphatic hydroxyl groups is 1. The SMILES string of the molecule is C=CCN(Cn1nnc2ccccc21)C(=O)C1N([C@@H](CO)[C@@H](C)CC)C(=O)[C@@H]2[C@@H](C(=O)OCC)[C@@]3(CC)CCC12O3. The van der Waals surface area contributed by atoms with E-state index in [0.29, 0.717) is 31.2 Å². The van der Waals surface area contributed by atoms with Gasteiger partial charge in [0.2, 0.25) is 11.8 Å². The van der Waals surface area contributed by atoms with Gasteiger partial charge in [-0.1, -0.05) is 50.6 Å². The van der Waals surface area contributed by atoms with Crippen molar-refractivity contribution in [3.05, 3.63) is 36.9 Å². The lowest BCUT2D eigenvalue weighted by atomic mass is 9.65. The van der Waals surface area contributed by atoms with Gasteiger partial charge in [-0.3, -0.25) is 14.4 Å². The van der Waals surface area contributed by atoms with Crippen LogP contribution >= 0.6 is 0 Å². The number of ether oxygens (including phenoxy) is 2. The second-order valence-electron chi connectivity index (χ2n) is 11.5. The fourth-order valence-corrected chi connectivity index (χ4v) is 7.43. The van der Waals surface area contributed by atoms with Crippen LogP contribution in [-0.4, -0.2) is 90.7 Å². The van der Waals surface area contributed by atoms with Crippen molar-refractivity contribution < 1.29 is 29.0 Å². The summed E-state index contributed by atoms with van der Waals surface area (Å²) in [6.07, 6.45) is 3.83. The van der Waals surface area contributed by atoms with Crippen LogP contribution in [0.25, 0.3) is 11.0 Å². The van der Waals surface area contributed by atoms with E-state index in [9.17, 15) is 19.5 Å². The molecule has 11 heteroatoms. The van der Waals surface area contributed by atoms with Gasteiger partial charge in [-0.25, -0.2) is 4.68 Å². The Morgan fingerprint density at radius 1 is 1.29 bits per heavy atom. The maximum Gasteiger partial charge on any atom is 0.312 e. The molecule has 11 nitrogen and oxygen atoms in total. The predicted octanol–water partition coefficient (Wildman–Crippen LogP) is 2.53. The maximum absolute atomic E-state index is 14.8. The van der Waals surface area contributed by atoms with Crippen LogP contribution in [0, 0.1) is 17.8 Å². The highest BCUT2D eigenvalue weighted by atomic mass is 16.6. The van der Waals surface area contributed by atoms with E-state index in [2.05, 4.69) is 16.9 Å². The highest BCUT2D eigenvalue weighted by molar-refractivity contribution is 5.98. The Morgan fingerprint density at radius 2 is 2.05 bits per heavy atom. The molecular weight excluding hydrogens is 526 g/mol. The zero-order valence-corrected chi connectivity index (χ0v) is 24.4. The number of nitrogens with zero attached hydrogens (tertiary/aromatic N) is 5. The summed E-state index contributed by atoms with van der Waals surface area (Å²) < 4.78 is 13.9. The van der Waals surface area contributed by atoms with Gasteiger partial charge < -0.3 is 24.4 Å². The summed E-state index contributed by atoms with van der Waals surface area (Å²) in [5.41, 5.74) is -0.630. The molecule has 7 atom stereocenters. The third-order valence-corrected chi connectivity index (χ3v) is 9.62. The number of aliphatic hydroxyl groups excluding tert-OH is 1. The molecule has 2 bridgehead atoms. The molecule has 5 rings (SSSR count). The number of hydrogen-bond donors (Lipinski definition) is 1. The standard InChI is InChI=1S/C30H41N5O6/c1-6-16-33(18-34-21-13-11-10-12-20(21)31-32-34)27(38)25-30-15-14-29(8-3,41-30)24(28(39)40-9-4)23(30)26(37)35(25)22(17-36)19(5)7-2/h6,10-13,19,22-25,36H,1,7-9,14-18H2,2-5H3/t19-,22-,23-,24-,25?,29+,30?/m0/s1. The lowest BCUT2D eigenvalue weighted by Crippen LogP contribution is -2.60. The monoisotopic (exact) mass is 567 g/mol. The van der Waals surface area contributed by atoms with Crippen LogP contribution < -0.4 is 0 Å². The van der Waals surface area contributed by atoms with E-state index in [0.717, 1.165) is 5.52 Å². The summed E-state index contributed by atoms with van der Waals surface area (Å²) in [7, 11) is 0. The van der Waals surface area contributed by atoms with E-state index >= 15 is 0 Å². The number of fused-ring (bicyclic) bond motifs is 2. The quantitative estimate of drug-likeness (QED) is 0.306. The number of amides is 2. The number of para-hydroxylation sites is 1. The number of esters is 1. The van der Waals surface area contributed by atoms with Crippen molar-refractivity contribution in [2.75, 3.05) is 19.8 Å². The minimum atomic E-state index is -1.22. The Bertz CT molecular complexity index is 1330. The van der Waals surface area contributed by atoms with Crippen molar-refractivity contribution >= 4 is 28.8 Å². The van der Waals surface area contributed by atoms with E-state index in [1.54, 1.807) is 22.6 Å². The molecule has 2 unspecified atom stereocenters. The molecule has 3 aliphatic rings. The molecule has 0 aliphatic carbocycles. The van der Waals surface area contributed by atoms with Gasteiger partial charge in [-0.15, -0.1) is 11.7 Å². The highest BCUT2D eigenvalue weighted by Gasteiger charge is 2.79. The molecule has 1 spiro atoms. The van der Waals surface area contributed by atoms with Gasteiger partial charge in [0.1, 0.15) is 29.7 Å². The molecule has 4 heterocycles. The van der Waals surface area contributed by atoms with E-state index in [-0.39, 0.29) is 44.2 Å². The first-order chi connectivity index (χ1) is 19.7. The number of likely N-dealkylation sites (tertiary alicyclic amines) is 1. The summed E-state index contributed by atoms with van der Waals surface area (Å²) in [6.45, 7) is 11.6. The number of carbonyl (C=O) groups is 3. The molecule has 3 fully saturated rings. The predicted molar refractivity (Wildman–Crippen MR) is 150 cm³/mol. The van der Waals surface area contributed by atoms with Gasteiger partial charge in [0.25, 0.3) is 0 Å². The molecular formula is C30H41N5O6. The maximum atomic E-state index is 14.8. The van der Waals surface area contributed by atoms with Gasteiger partial charge in [0.05, 0.1) is 36.3 Å². The first-order valence-electron chi connectivity index (χ1n) is 14.7. The summed E-state index contributed by atoms with van der Waals surface area (Å²) >= 11 is 0. The van der Waals surface area contributed by atoms with Crippen molar-refractivity contribution in [3.8, 4) is 0 Å². The van der Waals surface area contributed by atoms with Gasteiger partial charge in [0.15, 0.2) is 0 Å². The largest absolute Gasteiger partial charge is 0.466 e. The average molecular weight is 568 g/mol. The zero-order chi connectivity index (χ0) is 29.5. The van der Waals surface area contributed by atoms with Gasteiger partial charge in [-0.05, 0) is 44.2 Å². The number of hydrogen-bond acceptors (Lipinski definition) is 8. The fraction of sp³-hybridized carbons (Fsp3) is 0.633. The molecule has 2 amide bonds. The summed E-state index contributed by atoms with van der Waals surface area (Å²) in [5, 5.41) is 19.1. The van der Waals surface area contributed by atoms with Crippen LogP contribution in [-0.2, 0) is 30.5 Å².